The summed E-state index contributed by atoms with van der Waals surface area (Å²) in [5.74, 6) is -1.16. The lowest BCUT2D eigenvalue weighted by Gasteiger charge is -2.14. The smallest absolute Gasteiger partial charge is 0.337 e. The minimum Gasteiger partial charge on any atom is -0.478 e. The van der Waals surface area contributed by atoms with Gasteiger partial charge in [-0.1, -0.05) is 13.8 Å². The van der Waals surface area contributed by atoms with Gasteiger partial charge in [-0.05, 0) is 38.0 Å². The Bertz CT molecular complexity index is 599. The molecule has 118 valence electrons. The predicted octanol–water partition coefficient (Wildman–Crippen LogP) is 2.28. The predicted molar refractivity (Wildman–Crippen MR) is 82.3 cm³/mol. The Morgan fingerprint density at radius 2 is 2.00 bits per heavy atom. The van der Waals surface area contributed by atoms with Crippen LogP contribution >= 0.6 is 0 Å². The SMILES string of the molecule is CCCNc1ccc(S(=O)(=O)NC(C)CC)cc1C(=O)O. The molecule has 7 heteroatoms. The molecular weight excluding hydrogens is 292 g/mol. The van der Waals surface area contributed by atoms with Gasteiger partial charge in [-0.3, -0.25) is 0 Å². The molecule has 0 aromatic heterocycles. The van der Waals surface area contributed by atoms with Crippen LogP contribution in [0.5, 0.6) is 0 Å². The van der Waals surface area contributed by atoms with Gasteiger partial charge in [0.25, 0.3) is 0 Å². The number of sulfonamides is 1. The second-order valence-corrected chi connectivity index (χ2v) is 6.58. The van der Waals surface area contributed by atoms with Crippen molar-refractivity contribution < 1.29 is 18.3 Å². The number of carboxylic acids is 1. The van der Waals surface area contributed by atoms with Crippen LogP contribution in [0.3, 0.4) is 0 Å². The molecule has 1 atom stereocenters. The number of anilines is 1. The van der Waals surface area contributed by atoms with E-state index < -0.39 is 16.0 Å². The standard InChI is InChI=1S/C14H22N2O4S/c1-4-8-15-13-7-6-11(9-12(13)14(17)18)21(19,20)16-10(3)5-2/h6-7,9-10,15-16H,4-5,8H2,1-3H3,(H,17,18). The van der Waals surface area contributed by atoms with Crippen LogP contribution in [0.25, 0.3) is 0 Å². The monoisotopic (exact) mass is 314 g/mol. The largest absolute Gasteiger partial charge is 0.478 e. The van der Waals surface area contributed by atoms with E-state index in [-0.39, 0.29) is 16.5 Å². The fraction of sp³-hybridized carbons (Fsp3) is 0.500. The van der Waals surface area contributed by atoms with Gasteiger partial charge in [0, 0.05) is 18.3 Å². The van der Waals surface area contributed by atoms with Crippen molar-refractivity contribution >= 4 is 21.7 Å². The molecule has 0 aliphatic rings. The van der Waals surface area contributed by atoms with E-state index in [1.165, 1.54) is 18.2 Å². The Morgan fingerprint density at radius 3 is 2.52 bits per heavy atom. The number of carbonyl (C=O) groups is 1. The van der Waals surface area contributed by atoms with Gasteiger partial charge in [0.1, 0.15) is 0 Å². The first kappa shape index (κ1) is 17.5. The van der Waals surface area contributed by atoms with Gasteiger partial charge in [0.2, 0.25) is 10.0 Å². The Balaban J connectivity index is 3.16. The number of hydrogen-bond donors (Lipinski definition) is 3. The average molecular weight is 314 g/mol. The second kappa shape index (κ2) is 7.42. The molecular formula is C14H22N2O4S. The van der Waals surface area contributed by atoms with E-state index in [2.05, 4.69) is 10.0 Å². The highest BCUT2D eigenvalue weighted by Crippen LogP contribution is 2.21. The molecule has 6 nitrogen and oxygen atoms in total. The van der Waals surface area contributed by atoms with Gasteiger partial charge in [-0.25, -0.2) is 17.9 Å². The number of carboxylic acid groups (broad SMARTS) is 1. The quantitative estimate of drug-likeness (QED) is 0.684. The summed E-state index contributed by atoms with van der Waals surface area (Å²) in [4.78, 5) is 11.2. The lowest BCUT2D eigenvalue weighted by molar-refractivity contribution is 0.0697. The van der Waals surface area contributed by atoms with Gasteiger partial charge >= 0.3 is 5.97 Å². The van der Waals surface area contributed by atoms with Crippen LogP contribution in [0.2, 0.25) is 0 Å². The third kappa shape index (κ3) is 4.71. The molecule has 1 aromatic rings. The maximum atomic E-state index is 12.2. The fourth-order valence-corrected chi connectivity index (χ4v) is 3.05. The zero-order valence-electron chi connectivity index (χ0n) is 12.5. The number of benzene rings is 1. The molecule has 0 aliphatic heterocycles. The van der Waals surface area contributed by atoms with Crippen molar-refractivity contribution in [3.05, 3.63) is 23.8 Å². The molecule has 0 saturated carbocycles. The van der Waals surface area contributed by atoms with Crippen molar-refractivity contribution in [1.29, 1.82) is 0 Å². The van der Waals surface area contributed by atoms with E-state index in [0.717, 1.165) is 6.42 Å². The molecule has 3 N–H and O–H groups in total. The van der Waals surface area contributed by atoms with Crippen molar-refractivity contribution in [2.24, 2.45) is 0 Å². The van der Waals surface area contributed by atoms with Crippen LogP contribution in [-0.4, -0.2) is 32.1 Å². The summed E-state index contributed by atoms with van der Waals surface area (Å²) >= 11 is 0. The third-order valence-electron chi connectivity index (χ3n) is 3.07. The number of hydrogen-bond acceptors (Lipinski definition) is 4. The summed E-state index contributed by atoms with van der Waals surface area (Å²) in [6.45, 7) is 6.21. The molecule has 0 aliphatic carbocycles. The first-order valence-corrected chi connectivity index (χ1v) is 8.43. The number of rotatable bonds is 8. The lowest BCUT2D eigenvalue weighted by Crippen LogP contribution is -2.32. The molecule has 0 radical (unpaired) electrons. The second-order valence-electron chi connectivity index (χ2n) is 4.87. The van der Waals surface area contributed by atoms with E-state index in [4.69, 9.17) is 0 Å². The van der Waals surface area contributed by atoms with E-state index in [9.17, 15) is 18.3 Å². The van der Waals surface area contributed by atoms with Gasteiger partial charge in [0.05, 0.1) is 10.5 Å². The maximum absolute atomic E-state index is 12.2. The van der Waals surface area contributed by atoms with Gasteiger partial charge < -0.3 is 10.4 Å². The number of aromatic carboxylic acids is 1. The van der Waals surface area contributed by atoms with Crippen LogP contribution < -0.4 is 10.0 Å². The van der Waals surface area contributed by atoms with Crippen molar-refractivity contribution in [2.45, 2.75) is 44.6 Å². The van der Waals surface area contributed by atoms with Crippen LogP contribution in [0, 0.1) is 0 Å². The van der Waals surface area contributed by atoms with E-state index in [0.29, 0.717) is 18.7 Å². The Hall–Kier alpha value is -1.60. The van der Waals surface area contributed by atoms with Gasteiger partial charge in [-0.15, -0.1) is 0 Å². The van der Waals surface area contributed by atoms with Crippen molar-refractivity contribution in [1.82, 2.24) is 4.72 Å². The molecule has 1 rings (SSSR count). The van der Waals surface area contributed by atoms with E-state index in [1.54, 1.807) is 6.92 Å². The first-order valence-electron chi connectivity index (χ1n) is 6.95. The first-order chi connectivity index (χ1) is 9.81. The molecule has 1 unspecified atom stereocenters. The molecule has 0 heterocycles. The lowest BCUT2D eigenvalue weighted by atomic mass is 10.2. The molecule has 0 bridgehead atoms. The highest BCUT2D eigenvalue weighted by Gasteiger charge is 2.20. The Labute approximate surface area is 125 Å². The maximum Gasteiger partial charge on any atom is 0.337 e. The summed E-state index contributed by atoms with van der Waals surface area (Å²) < 4.78 is 26.9. The van der Waals surface area contributed by atoms with Gasteiger partial charge in [-0.2, -0.15) is 0 Å². The van der Waals surface area contributed by atoms with Crippen LogP contribution in [-0.2, 0) is 10.0 Å². The van der Waals surface area contributed by atoms with Crippen molar-refractivity contribution in [2.75, 3.05) is 11.9 Å². The topological polar surface area (TPSA) is 95.5 Å². The molecule has 21 heavy (non-hydrogen) atoms. The molecule has 0 amide bonds. The van der Waals surface area contributed by atoms with Crippen molar-refractivity contribution in [3.63, 3.8) is 0 Å². The normalized spacial score (nSPS) is 12.9. The van der Waals surface area contributed by atoms with Crippen molar-refractivity contribution in [3.8, 4) is 0 Å². The number of nitrogens with one attached hydrogen (secondary N) is 2. The molecule has 1 aromatic carbocycles. The summed E-state index contributed by atoms with van der Waals surface area (Å²) in [6.07, 6.45) is 1.50. The highest BCUT2D eigenvalue weighted by molar-refractivity contribution is 7.89. The minimum absolute atomic E-state index is 0.0396. The zero-order valence-corrected chi connectivity index (χ0v) is 13.3. The molecule has 0 saturated heterocycles. The summed E-state index contributed by atoms with van der Waals surface area (Å²) in [7, 11) is -3.71. The highest BCUT2D eigenvalue weighted by atomic mass is 32.2. The van der Waals surface area contributed by atoms with E-state index in [1.807, 2.05) is 13.8 Å². The minimum atomic E-state index is -3.71. The van der Waals surface area contributed by atoms with E-state index >= 15 is 0 Å². The molecule has 0 fully saturated rings. The van der Waals surface area contributed by atoms with Crippen LogP contribution in [0.15, 0.2) is 23.1 Å². The Kier molecular flexibility index (Phi) is 6.17. The summed E-state index contributed by atoms with van der Waals surface area (Å²) in [5.41, 5.74) is 0.377. The third-order valence-corrected chi connectivity index (χ3v) is 4.65. The molecule has 0 spiro atoms. The fourth-order valence-electron chi connectivity index (χ4n) is 1.70. The average Bonchev–Trinajstić information content (AvgIpc) is 2.44. The Morgan fingerprint density at radius 1 is 1.33 bits per heavy atom. The summed E-state index contributed by atoms with van der Waals surface area (Å²) in [6, 6.07) is 3.88. The summed E-state index contributed by atoms with van der Waals surface area (Å²) in [5, 5.41) is 12.2. The van der Waals surface area contributed by atoms with Gasteiger partial charge in [0.15, 0.2) is 0 Å². The van der Waals surface area contributed by atoms with Crippen LogP contribution in [0.4, 0.5) is 5.69 Å². The van der Waals surface area contributed by atoms with Crippen LogP contribution in [0.1, 0.15) is 44.0 Å². The zero-order chi connectivity index (χ0) is 16.0.